The van der Waals surface area contributed by atoms with E-state index in [1.807, 2.05) is 48.1 Å². The van der Waals surface area contributed by atoms with Crippen LogP contribution in [-0.2, 0) is 19.6 Å². The minimum Gasteiger partial charge on any atom is -0.396 e. The average Bonchev–Trinajstić information content (AvgIpc) is 3.47. The Labute approximate surface area is 174 Å². The van der Waals surface area contributed by atoms with E-state index in [2.05, 4.69) is 20.3 Å². The van der Waals surface area contributed by atoms with E-state index in [1.54, 1.807) is 6.20 Å². The van der Waals surface area contributed by atoms with Gasteiger partial charge in [-0.25, -0.2) is 4.98 Å². The van der Waals surface area contributed by atoms with Crippen LogP contribution in [0.15, 0.2) is 42.7 Å². The Kier molecular flexibility index (Phi) is 4.86. The molecule has 0 radical (unpaired) electrons. The first-order valence-electron chi connectivity index (χ1n) is 10.1. The zero-order valence-corrected chi connectivity index (χ0v) is 16.8. The van der Waals surface area contributed by atoms with Gasteiger partial charge in [0.2, 0.25) is 0 Å². The maximum atomic E-state index is 9.21. The number of hydrogen-bond acceptors (Lipinski definition) is 6. The topological polar surface area (TPSA) is 105 Å². The van der Waals surface area contributed by atoms with Crippen LogP contribution in [0.1, 0.15) is 23.5 Å². The molecule has 8 heteroatoms. The maximum Gasteiger partial charge on any atom is 0.156 e. The minimum absolute atomic E-state index is 0.130. The number of aliphatic hydroxyl groups is 1. The quantitative estimate of drug-likeness (QED) is 0.459. The highest BCUT2D eigenvalue weighted by Gasteiger charge is 2.19. The Morgan fingerprint density at radius 2 is 2.07 bits per heavy atom. The summed E-state index contributed by atoms with van der Waals surface area (Å²) in [6.45, 7) is 4.34. The highest BCUT2D eigenvalue weighted by atomic mass is 16.3. The molecule has 0 bridgehead atoms. The predicted molar refractivity (Wildman–Crippen MR) is 113 cm³/mol. The predicted octanol–water partition coefficient (Wildman–Crippen LogP) is 2.69. The molecule has 5 heterocycles. The van der Waals surface area contributed by atoms with Crippen molar-refractivity contribution in [2.24, 2.45) is 0 Å². The second kappa shape index (κ2) is 7.81. The van der Waals surface area contributed by atoms with E-state index >= 15 is 0 Å². The monoisotopic (exact) mass is 401 g/mol. The number of hydrogen-bond donors (Lipinski definition) is 3. The number of H-pyrrole nitrogens is 1. The van der Waals surface area contributed by atoms with Crippen molar-refractivity contribution in [1.29, 1.82) is 0 Å². The Balaban J connectivity index is 1.58. The Morgan fingerprint density at radius 3 is 2.90 bits per heavy atom. The van der Waals surface area contributed by atoms with Crippen molar-refractivity contribution in [1.82, 2.24) is 35.0 Å². The number of pyridine rings is 2. The van der Waals surface area contributed by atoms with Crippen molar-refractivity contribution >= 4 is 0 Å². The number of aromatic nitrogens is 6. The lowest BCUT2D eigenvalue weighted by molar-refractivity contribution is 0.277. The molecule has 0 amide bonds. The van der Waals surface area contributed by atoms with Gasteiger partial charge in [0.05, 0.1) is 17.1 Å². The molecular weight excluding hydrogens is 378 g/mol. The summed E-state index contributed by atoms with van der Waals surface area (Å²) in [7, 11) is 0. The molecule has 5 rings (SSSR count). The minimum atomic E-state index is 0.130. The fourth-order valence-electron chi connectivity index (χ4n) is 3.74. The van der Waals surface area contributed by atoms with Crippen LogP contribution >= 0.6 is 0 Å². The zero-order valence-electron chi connectivity index (χ0n) is 16.8. The SMILES string of the molecule is Cc1cccc(-c2nn(CCCO)cc2-c2ccnc(-c3nc4c([nH]3)CNC4)c2)n1. The molecule has 0 saturated carbocycles. The largest absolute Gasteiger partial charge is 0.396 e. The molecule has 30 heavy (non-hydrogen) atoms. The van der Waals surface area contributed by atoms with E-state index in [9.17, 15) is 5.11 Å². The number of nitrogens with zero attached hydrogens (tertiary/aromatic N) is 5. The van der Waals surface area contributed by atoms with Crippen LogP contribution in [-0.4, -0.2) is 41.4 Å². The molecule has 0 aliphatic carbocycles. The molecule has 0 atom stereocenters. The molecule has 1 aliphatic rings. The van der Waals surface area contributed by atoms with Crippen LogP contribution in [0.25, 0.3) is 34.0 Å². The summed E-state index contributed by atoms with van der Waals surface area (Å²) in [6.07, 6.45) is 4.46. The fourth-order valence-corrected chi connectivity index (χ4v) is 3.74. The molecule has 0 saturated heterocycles. The third-order valence-electron chi connectivity index (χ3n) is 5.21. The Bertz CT molecular complexity index is 1170. The second-order valence-electron chi connectivity index (χ2n) is 7.44. The Morgan fingerprint density at radius 1 is 1.13 bits per heavy atom. The molecular formula is C22H23N7O. The highest BCUT2D eigenvalue weighted by molar-refractivity contribution is 5.80. The zero-order chi connectivity index (χ0) is 20.5. The molecule has 0 spiro atoms. The number of aliphatic hydroxyl groups excluding tert-OH is 1. The third kappa shape index (κ3) is 3.51. The van der Waals surface area contributed by atoms with Gasteiger partial charge in [0, 0.05) is 49.9 Å². The van der Waals surface area contributed by atoms with Gasteiger partial charge in [-0.3, -0.25) is 14.6 Å². The van der Waals surface area contributed by atoms with Crippen LogP contribution in [0, 0.1) is 6.92 Å². The van der Waals surface area contributed by atoms with Crippen LogP contribution in [0.4, 0.5) is 0 Å². The first kappa shape index (κ1) is 18.7. The molecule has 4 aromatic heterocycles. The van der Waals surface area contributed by atoms with Crippen LogP contribution in [0.2, 0.25) is 0 Å². The summed E-state index contributed by atoms with van der Waals surface area (Å²) < 4.78 is 1.87. The summed E-state index contributed by atoms with van der Waals surface area (Å²) in [5.41, 5.74) is 7.55. The van der Waals surface area contributed by atoms with Crippen molar-refractivity contribution in [2.75, 3.05) is 6.61 Å². The maximum absolute atomic E-state index is 9.21. The van der Waals surface area contributed by atoms with Crippen molar-refractivity contribution in [3.05, 3.63) is 59.8 Å². The number of fused-ring (bicyclic) bond motifs is 1. The normalized spacial score (nSPS) is 13.0. The van der Waals surface area contributed by atoms with Crippen molar-refractivity contribution in [3.8, 4) is 34.0 Å². The summed E-state index contributed by atoms with van der Waals surface area (Å²) >= 11 is 0. The standard InChI is InChI=1S/C22H23N7O/c1-14-4-2-5-17(25-14)21-16(13-29(28-21)8-3-9-30)15-6-7-24-18(10-15)22-26-19-11-23-12-20(19)27-22/h2,4-7,10,13,23,30H,3,8-9,11-12H2,1H3,(H,26,27). The number of nitrogens with one attached hydrogen (secondary N) is 2. The summed E-state index contributed by atoms with van der Waals surface area (Å²) in [4.78, 5) is 17.3. The lowest BCUT2D eigenvalue weighted by Gasteiger charge is -2.05. The molecule has 4 aromatic rings. The Hall–Kier alpha value is -3.36. The lowest BCUT2D eigenvalue weighted by atomic mass is 10.0. The van der Waals surface area contributed by atoms with E-state index in [0.717, 1.165) is 64.2 Å². The van der Waals surface area contributed by atoms with E-state index in [4.69, 9.17) is 10.1 Å². The number of imidazole rings is 1. The molecule has 8 nitrogen and oxygen atoms in total. The molecule has 3 N–H and O–H groups in total. The van der Waals surface area contributed by atoms with Gasteiger partial charge < -0.3 is 15.4 Å². The fraction of sp³-hybridized carbons (Fsp3) is 0.273. The van der Waals surface area contributed by atoms with Gasteiger partial charge >= 0.3 is 0 Å². The molecule has 0 unspecified atom stereocenters. The van der Waals surface area contributed by atoms with Gasteiger partial charge in [0.1, 0.15) is 11.4 Å². The number of rotatable bonds is 6. The van der Waals surface area contributed by atoms with E-state index < -0.39 is 0 Å². The lowest BCUT2D eigenvalue weighted by Crippen LogP contribution is -2.03. The third-order valence-corrected chi connectivity index (χ3v) is 5.21. The second-order valence-corrected chi connectivity index (χ2v) is 7.44. The van der Waals surface area contributed by atoms with E-state index in [0.29, 0.717) is 13.0 Å². The molecule has 1 aliphatic heterocycles. The van der Waals surface area contributed by atoms with Gasteiger partial charge in [0.15, 0.2) is 5.82 Å². The summed E-state index contributed by atoms with van der Waals surface area (Å²) in [5.74, 6) is 0.784. The van der Waals surface area contributed by atoms with Crippen LogP contribution in [0.3, 0.4) is 0 Å². The van der Waals surface area contributed by atoms with Crippen molar-refractivity contribution < 1.29 is 5.11 Å². The van der Waals surface area contributed by atoms with Gasteiger partial charge in [-0.05, 0) is 43.2 Å². The van der Waals surface area contributed by atoms with Gasteiger partial charge in [-0.1, -0.05) is 6.07 Å². The van der Waals surface area contributed by atoms with Crippen molar-refractivity contribution in [3.63, 3.8) is 0 Å². The van der Waals surface area contributed by atoms with Gasteiger partial charge in [-0.2, -0.15) is 5.10 Å². The van der Waals surface area contributed by atoms with Crippen LogP contribution < -0.4 is 5.32 Å². The first-order valence-corrected chi connectivity index (χ1v) is 10.1. The number of aromatic amines is 1. The average molecular weight is 401 g/mol. The smallest absolute Gasteiger partial charge is 0.156 e. The van der Waals surface area contributed by atoms with Crippen molar-refractivity contribution in [2.45, 2.75) is 33.0 Å². The molecule has 0 fully saturated rings. The summed E-state index contributed by atoms with van der Waals surface area (Å²) in [6, 6.07) is 9.95. The van der Waals surface area contributed by atoms with E-state index in [-0.39, 0.29) is 6.61 Å². The van der Waals surface area contributed by atoms with Crippen LogP contribution in [0.5, 0.6) is 0 Å². The first-order chi connectivity index (χ1) is 14.7. The highest BCUT2D eigenvalue weighted by Crippen LogP contribution is 2.32. The molecule has 0 aromatic carbocycles. The van der Waals surface area contributed by atoms with Gasteiger partial charge in [-0.15, -0.1) is 0 Å². The summed E-state index contributed by atoms with van der Waals surface area (Å²) in [5, 5.41) is 17.3. The number of aryl methyl sites for hydroxylation is 2. The van der Waals surface area contributed by atoms with E-state index in [1.165, 1.54) is 0 Å². The molecule has 152 valence electrons. The van der Waals surface area contributed by atoms with Gasteiger partial charge in [0.25, 0.3) is 0 Å².